The molecule has 0 saturated carbocycles. The van der Waals surface area contributed by atoms with Crippen LogP contribution in [0.15, 0.2) is 28.7 Å². The van der Waals surface area contributed by atoms with E-state index in [4.69, 9.17) is 25.5 Å². The average Bonchev–Trinajstić information content (AvgIpc) is 3.09. The summed E-state index contributed by atoms with van der Waals surface area (Å²) in [5.41, 5.74) is 0.492. The lowest BCUT2D eigenvalue weighted by Crippen LogP contribution is -2.46. The zero-order valence-electron chi connectivity index (χ0n) is 14.8. The largest absolute Gasteiger partial charge is 0.450 e. The molecule has 0 spiro atoms. The number of benzene rings is 1. The Morgan fingerprint density at radius 2 is 1.96 bits per heavy atom. The average molecular weight is 395 g/mol. The van der Waals surface area contributed by atoms with Crippen LogP contribution in [0, 0.1) is 0 Å². The summed E-state index contributed by atoms with van der Waals surface area (Å²) < 4.78 is 15.6. The quantitative estimate of drug-likeness (QED) is 0.715. The van der Waals surface area contributed by atoms with Crippen molar-refractivity contribution in [2.45, 2.75) is 0 Å². The lowest BCUT2D eigenvalue weighted by atomic mass is 10.2. The minimum atomic E-state index is -0.761. The lowest BCUT2D eigenvalue weighted by Gasteiger charge is -2.28. The van der Waals surface area contributed by atoms with Crippen LogP contribution in [-0.2, 0) is 19.1 Å². The monoisotopic (exact) mass is 394 g/mol. The van der Waals surface area contributed by atoms with Gasteiger partial charge in [0.05, 0.1) is 19.8 Å². The maximum atomic E-state index is 12.1. The van der Waals surface area contributed by atoms with E-state index in [0.717, 1.165) is 0 Å². The normalized spacial score (nSPS) is 14.2. The summed E-state index contributed by atoms with van der Waals surface area (Å²) in [4.78, 5) is 39.2. The van der Waals surface area contributed by atoms with Gasteiger partial charge in [-0.3, -0.25) is 9.59 Å². The van der Waals surface area contributed by atoms with Crippen molar-refractivity contribution in [3.8, 4) is 0 Å². The smallest absolute Gasteiger partial charge is 0.374 e. The molecule has 0 aliphatic carbocycles. The molecule has 1 aromatic carbocycles. The van der Waals surface area contributed by atoms with Crippen LogP contribution in [0.1, 0.15) is 10.6 Å². The Morgan fingerprint density at radius 3 is 2.70 bits per heavy atom. The van der Waals surface area contributed by atoms with Crippen molar-refractivity contribution in [2.75, 3.05) is 46.5 Å². The highest BCUT2D eigenvalue weighted by atomic mass is 35.5. The first kappa shape index (κ1) is 19.2. The van der Waals surface area contributed by atoms with Gasteiger partial charge in [-0.05, 0) is 24.3 Å². The number of likely N-dealkylation sites (N-methyl/N-ethyl adjacent to an activating group) is 1. The van der Waals surface area contributed by atoms with Gasteiger partial charge in [-0.1, -0.05) is 11.6 Å². The van der Waals surface area contributed by atoms with Crippen molar-refractivity contribution in [3.63, 3.8) is 0 Å². The second kappa shape index (κ2) is 8.41. The van der Waals surface area contributed by atoms with Crippen molar-refractivity contribution in [1.82, 2.24) is 9.80 Å². The number of fused-ring (bicyclic) bond motifs is 1. The van der Waals surface area contributed by atoms with Crippen LogP contribution < -0.4 is 0 Å². The van der Waals surface area contributed by atoms with E-state index in [9.17, 15) is 14.4 Å². The number of morpholine rings is 1. The molecule has 0 bridgehead atoms. The van der Waals surface area contributed by atoms with E-state index in [1.165, 1.54) is 18.0 Å². The molecule has 1 aromatic heterocycles. The summed E-state index contributed by atoms with van der Waals surface area (Å²) in [6.07, 6.45) is 0. The van der Waals surface area contributed by atoms with E-state index in [2.05, 4.69) is 0 Å². The van der Waals surface area contributed by atoms with Crippen LogP contribution in [0.3, 0.4) is 0 Å². The van der Waals surface area contributed by atoms with Gasteiger partial charge in [0.25, 0.3) is 5.91 Å². The molecule has 8 nitrogen and oxygen atoms in total. The number of hydrogen-bond acceptors (Lipinski definition) is 6. The number of carbonyl (C=O) groups excluding carboxylic acids is 3. The summed E-state index contributed by atoms with van der Waals surface area (Å²) in [5.74, 6) is -1.44. The molecule has 144 valence electrons. The van der Waals surface area contributed by atoms with E-state index >= 15 is 0 Å². The molecule has 0 unspecified atom stereocenters. The summed E-state index contributed by atoms with van der Waals surface area (Å²) in [7, 11) is 1.48. The molecule has 0 atom stereocenters. The topological polar surface area (TPSA) is 89.3 Å². The van der Waals surface area contributed by atoms with Crippen LogP contribution in [0.2, 0.25) is 5.02 Å². The van der Waals surface area contributed by atoms with E-state index in [1.807, 2.05) is 0 Å². The van der Waals surface area contributed by atoms with Gasteiger partial charge in [-0.15, -0.1) is 0 Å². The maximum absolute atomic E-state index is 12.1. The fourth-order valence-electron chi connectivity index (χ4n) is 2.63. The van der Waals surface area contributed by atoms with Gasteiger partial charge in [-0.2, -0.15) is 0 Å². The molecule has 1 aliphatic rings. The van der Waals surface area contributed by atoms with Crippen molar-refractivity contribution >= 4 is 40.4 Å². The summed E-state index contributed by atoms with van der Waals surface area (Å²) >= 11 is 5.90. The number of halogens is 1. The molecular weight excluding hydrogens is 376 g/mol. The number of amides is 2. The molecule has 1 fully saturated rings. The third kappa shape index (κ3) is 4.78. The lowest BCUT2D eigenvalue weighted by molar-refractivity contribution is -0.143. The van der Waals surface area contributed by atoms with Crippen LogP contribution in [0.5, 0.6) is 0 Å². The minimum absolute atomic E-state index is 0.0212. The van der Waals surface area contributed by atoms with Crippen LogP contribution in [0.25, 0.3) is 11.0 Å². The van der Waals surface area contributed by atoms with E-state index in [1.54, 1.807) is 23.1 Å². The summed E-state index contributed by atoms with van der Waals surface area (Å²) in [5, 5.41) is 1.18. The Labute approximate surface area is 160 Å². The predicted molar refractivity (Wildman–Crippen MR) is 96.5 cm³/mol. The molecule has 0 N–H and O–H groups in total. The van der Waals surface area contributed by atoms with Crippen molar-refractivity contribution in [1.29, 1.82) is 0 Å². The third-order valence-electron chi connectivity index (χ3n) is 4.17. The molecule has 0 radical (unpaired) electrons. The Morgan fingerprint density at radius 1 is 1.22 bits per heavy atom. The first-order valence-electron chi connectivity index (χ1n) is 8.40. The summed E-state index contributed by atoms with van der Waals surface area (Å²) in [6, 6.07) is 6.45. The highest BCUT2D eigenvalue weighted by Crippen LogP contribution is 2.23. The molecule has 1 saturated heterocycles. The molecule has 3 rings (SSSR count). The number of ether oxygens (including phenoxy) is 2. The molecule has 2 aromatic rings. The standard InChI is InChI=1S/C18H19ClN2O6/c1-20(10-16(22)21-4-6-25-7-5-21)17(23)11-26-18(24)15-9-12-8-13(19)2-3-14(12)27-15/h2-3,8-9H,4-7,10-11H2,1H3. The number of esters is 1. The molecule has 9 heteroatoms. The number of hydrogen-bond donors (Lipinski definition) is 0. The van der Waals surface area contributed by atoms with Gasteiger partial charge in [0.15, 0.2) is 6.61 Å². The number of nitrogens with zero attached hydrogens (tertiary/aromatic N) is 2. The van der Waals surface area contributed by atoms with Crippen molar-refractivity contribution in [3.05, 3.63) is 35.0 Å². The molecule has 27 heavy (non-hydrogen) atoms. The Balaban J connectivity index is 1.51. The fourth-order valence-corrected chi connectivity index (χ4v) is 2.81. The molecule has 2 amide bonds. The van der Waals surface area contributed by atoms with E-state index in [-0.39, 0.29) is 18.2 Å². The predicted octanol–water partition coefficient (Wildman–Crippen LogP) is 1.56. The minimum Gasteiger partial charge on any atom is -0.450 e. The number of rotatable bonds is 5. The zero-order valence-corrected chi connectivity index (χ0v) is 15.5. The van der Waals surface area contributed by atoms with Gasteiger partial charge in [0.2, 0.25) is 11.7 Å². The van der Waals surface area contributed by atoms with Gasteiger partial charge < -0.3 is 23.7 Å². The second-order valence-corrected chi connectivity index (χ2v) is 6.55. The van der Waals surface area contributed by atoms with Gasteiger partial charge in [0.1, 0.15) is 5.58 Å². The second-order valence-electron chi connectivity index (χ2n) is 6.11. The first-order chi connectivity index (χ1) is 12.9. The molecular formula is C18H19ClN2O6. The third-order valence-corrected chi connectivity index (χ3v) is 4.40. The Kier molecular flexibility index (Phi) is 5.98. The first-order valence-corrected chi connectivity index (χ1v) is 8.77. The van der Waals surface area contributed by atoms with Crippen molar-refractivity contribution < 1.29 is 28.3 Å². The van der Waals surface area contributed by atoms with Crippen LogP contribution >= 0.6 is 11.6 Å². The van der Waals surface area contributed by atoms with Gasteiger partial charge >= 0.3 is 5.97 Å². The van der Waals surface area contributed by atoms with Gasteiger partial charge in [-0.25, -0.2) is 4.79 Å². The zero-order chi connectivity index (χ0) is 19.4. The highest BCUT2D eigenvalue weighted by molar-refractivity contribution is 6.31. The number of carbonyl (C=O) groups is 3. The molecule has 1 aliphatic heterocycles. The van der Waals surface area contributed by atoms with E-state index < -0.39 is 18.5 Å². The van der Waals surface area contributed by atoms with E-state index in [0.29, 0.717) is 42.3 Å². The highest BCUT2D eigenvalue weighted by Gasteiger charge is 2.22. The van der Waals surface area contributed by atoms with Crippen LogP contribution in [0.4, 0.5) is 0 Å². The van der Waals surface area contributed by atoms with Crippen molar-refractivity contribution in [2.24, 2.45) is 0 Å². The Hall–Kier alpha value is -2.58. The molecule has 2 heterocycles. The SMILES string of the molecule is CN(CC(=O)N1CCOCC1)C(=O)COC(=O)c1cc2cc(Cl)ccc2o1. The summed E-state index contributed by atoms with van der Waals surface area (Å²) in [6.45, 7) is 1.42. The fraction of sp³-hybridized carbons (Fsp3) is 0.389. The number of furan rings is 1. The maximum Gasteiger partial charge on any atom is 0.374 e. The van der Waals surface area contributed by atoms with Crippen LogP contribution in [-0.4, -0.2) is 74.1 Å². The Bertz CT molecular complexity index is 859. The van der Waals surface area contributed by atoms with Gasteiger partial charge in [0, 0.05) is 30.5 Å².